The minimum Gasteiger partial charge on any atom is -0.478 e. The number of aromatic carboxylic acids is 1. The van der Waals surface area contributed by atoms with E-state index in [0.29, 0.717) is 16.7 Å². The van der Waals surface area contributed by atoms with Crippen molar-refractivity contribution in [3.8, 4) is 11.1 Å². The molecule has 0 heterocycles. The van der Waals surface area contributed by atoms with E-state index >= 15 is 0 Å². The van der Waals surface area contributed by atoms with Crippen LogP contribution in [0.15, 0.2) is 78.2 Å². The van der Waals surface area contributed by atoms with Gasteiger partial charge < -0.3 is 5.11 Å². The van der Waals surface area contributed by atoms with Gasteiger partial charge in [-0.15, -0.1) is 0 Å². The lowest BCUT2D eigenvalue weighted by Crippen LogP contribution is -2.12. The van der Waals surface area contributed by atoms with Crippen molar-refractivity contribution in [2.45, 2.75) is 0 Å². The van der Waals surface area contributed by atoms with Crippen LogP contribution in [0.1, 0.15) is 15.9 Å². The highest BCUT2D eigenvalue weighted by molar-refractivity contribution is 7.95. The molecule has 0 aliphatic heterocycles. The van der Waals surface area contributed by atoms with Crippen LogP contribution in [0.4, 0.5) is 10.1 Å². The van der Waals surface area contributed by atoms with Gasteiger partial charge in [-0.1, -0.05) is 48.5 Å². The number of carbonyl (C=O) groups is 1. The Bertz CT molecular complexity index is 1120. The molecule has 0 unspecified atom stereocenters. The van der Waals surface area contributed by atoms with Crippen molar-refractivity contribution in [3.63, 3.8) is 0 Å². The Balaban J connectivity index is 1.94. The summed E-state index contributed by atoms with van der Waals surface area (Å²) in [5, 5.41) is 10.3. The molecule has 0 saturated carbocycles. The third kappa shape index (κ3) is 4.83. The fraction of sp³-hybridized carbons (Fsp3) is 0. The molecule has 0 spiro atoms. The van der Waals surface area contributed by atoms with Crippen molar-refractivity contribution >= 4 is 27.8 Å². The zero-order chi connectivity index (χ0) is 20.1. The van der Waals surface area contributed by atoms with E-state index in [0.717, 1.165) is 5.41 Å². The van der Waals surface area contributed by atoms with Gasteiger partial charge in [-0.3, -0.25) is 4.72 Å². The molecule has 28 heavy (non-hydrogen) atoms. The first-order valence-electron chi connectivity index (χ1n) is 8.23. The maximum atomic E-state index is 13.1. The molecule has 7 heteroatoms. The summed E-state index contributed by atoms with van der Waals surface area (Å²) >= 11 is 0. The molecule has 2 N–H and O–H groups in total. The predicted molar refractivity (Wildman–Crippen MR) is 107 cm³/mol. The van der Waals surface area contributed by atoms with Crippen LogP contribution in [0, 0.1) is 5.82 Å². The van der Waals surface area contributed by atoms with Crippen molar-refractivity contribution in [2.24, 2.45) is 0 Å². The number of benzene rings is 3. The van der Waals surface area contributed by atoms with E-state index < -0.39 is 21.8 Å². The maximum absolute atomic E-state index is 13.1. The Kier molecular flexibility index (Phi) is 5.56. The average Bonchev–Trinajstić information content (AvgIpc) is 2.67. The van der Waals surface area contributed by atoms with Gasteiger partial charge in [0.2, 0.25) is 0 Å². The molecule has 3 rings (SSSR count). The Labute approximate surface area is 161 Å². The zero-order valence-electron chi connectivity index (χ0n) is 14.5. The second-order valence-corrected chi connectivity index (χ2v) is 7.50. The fourth-order valence-electron chi connectivity index (χ4n) is 2.56. The van der Waals surface area contributed by atoms with Crippen LogP contribution in [-0.4, -0.2) is 19.5 Å². The number of hydrogen-bond donors (Lipinski definition) is 2. The largest absolute Gasteiger partial charge is 0.478 e. The summed E-state index contributed by atoms with van der Waals surface area (Å²) in [6.45, 7) is 0. The van der Waals surface area contributed by atoms with Crippen LogP contribution >= 0.6 is 0 Å². The Hall–Kier alpha value is -3.45. The summed E-state index contributed by atoms with van der Waals surface area (Å²) in [6, 6.07) is 18.7. The van der Waals surface area contributed by atoms with Crippen LogP contribution in [0.3, 0.4) is 0 Å². The standard InChI is InChI=1S/C21H16FNO4S/c22-18-9-6-16(7-10-18)17-8-11-19(21(24)25)20(14-17)23-28(26,27)13-12-15-4-2-1-3-5-15/h1-14,23H,(H,24,25)/b13-12+. The number of sulfonamides is 1. The predicted octanol–water partition coefficient (Wildman–Crippen LogP) is 4.60. The zero-order valence-corrected chi connectivity index (χ0v) is 15.4. The number of carboxylic acid groups (broad SMARTS) is 1. The highest BCUT2D eigenvalue weighted by Crippen LogP contribution is 2.27. The average molecular weight is 397 g/mol. The van der Waals surface area contributed by atoms with E-state index in [-0.39, 0.29) is 11.3 Å². The van der Waals surface area contributed by atoms with E-state index in [9.17, 15) is 22.7 Å². The summed E-state index contributed by atoms with van der Waals surface area (Å²) in [4.78, 5) is 11.5. The van der Waals surface area contributed by atoms with Gasteiger partial charge in [-0.25, -0.2) is 17.6 Å². The first-order chi connectivity index (χ1) is 13.3. The van der Waals surface area contributed by atoms with Gasteiger partial charge in [0.25, 0.3) is 10.0 Å². The third-order valence-corrected chi connectivity index (χ3v) is 4.92. The minimum absolute atomic E-state index is 0.0768. The van der Waals surface area contributed by atoms with Crippen molar-refractivity contribution in [1.82, 2.24) is 0 Å². The lowest BCUT2D eigenvalue weighted by atomic mass is 10.0. The van der Waals surface area contributed by atoms with E-state index in [2.05, 4.69) is 4.72 Å². The molecule has 0 amide bonds. The van der Waals surface area contributed by atoms with E-state index in [1.807, 2.05) is 6.07 Å². The number of halogens is 1. The summed E-state index contributed by atoms with van der Waals surface area (Å²) < 4.78 is 40.2. The third-order valence-electron chi connectivity index (χ3n) is 3.92. The first-order valence-corrected chi connectivity index (χ1v) is 9.78. The number of hydrogen-bond acceptors (Lipinski definition) is 3. The molecule has 0 bridgehead atoms. The molecule has 0 radical (unpaired) electrons. The van der Waals surface area contributed by atoms with Gasteiger partial charge in [0.15, 0.2) is 0 Å². The quantitative estimate of drug-likeness (QED) is 0.637. The van der Waals surface area contributed by atoms with Crippen molar-refractivity contribution in [2.75, 3.05) is 4.72 Å². The highest BCUT2D eigenvalue weighted by atomic mass is 32.2. The van der Waals surface area contributed by atoms with E-state index in [1.54, 1.807) is 24.3 Å². The molecule has 142 valence electrons. The highest BCUT2D eigenvalue weighted by Gasteiger charge is 2.16. The second kappa shape index (κ2) is 8.06. The number of carboxylic acids is 1. The summed E-state index contributed by atoms with van der Waals surface area (Å²) in [7, 11) is -3.95. The molecule has 3 aromatic rings. The fourth-order valence-corrected chi connectivity index (χ4v) is 3.44. The normalized spacial score (nSPS) is 11.5. The Morgan fingerprint density at radius 3 is 2.21 bits per heavy atom. The van der Waals surface area contributed by atoms with E-state index in [1.165, 1.54) is 48.5 Å². The van der Waals surface area contributed by atoms with Gasteiger partial charge in [0, 0.05) is 0 Å². The topological polar surface area (TPSA) is 83.5 Å². The maximum Gasteiger partial charge on any atom is 0.337 e. The second-order valence-electron chi connectivity index (χ2n) is 5.93. The van der Waals surface area contributed by atoms with Crippen LogP contribution < -0.4 is 4.72 Å². The van der Waals surface area contributed by atoms with Gasteiger partial charge in [-0.2, -0.15) is 0 Å². The molecule has 0 aliphatic rings. The molecule has 0 fully saturated rings. The molecule has 0 saturated heterocycles. The van der Waals surface area contributed by atoms with Crippen LogP contribution in [-0.2, 0) is 10.0 Å². The molecule has 0 aliphatic carbocycles. The van der Waals surface area contributed by atoms with Gasteiger partial charge >= 0.3 is 5.97 Å². The molecule has 5 nitrogen and oxygen atoms in total. The Morgan fingerprint density at radius 1 is 0.929 bits per heavy atom. The van der Waals surface area contributed by atoms with Crippen molar-refractivity contribution in [1.29, 1.82) is 0 Å². The molecular formula is C21H16FNO4S. The van der Waals surface area contributed by atoms with Crippen molar-refractivity contribution < 1.29 is 22.7 Å². The van der Waals surface area contributed by atoms with E-state index in [4.69, 9.17) is 0 Å². The molecule has 0 aromatic heterocycles. The Morgan fingerprint density at radius 2 is 1.57 bits per heavy atom. The summed E-state index contributed by atoms with van der Waals surface area (Å²) in [6.07, 6.45) is 1.41. The molecular weight excluding hydrogens is 381 g/mol. The SMILES string of the molecule is O=C(O)c1ccc(-c2ccc(F)cc2)cc1NS(=O)(=O)/C=C/c1ccccc1. The minimum atomic E-state index is -3.95. The number of rotatable bonds is 6. The monoisotopic (exact) mass is 397 g/mol. The molecule has 0 atom stereocenters. The lowest BCUT2D eigenvalue weighted by molar-refractivity contribution is 0.0698. The van der Waals surface area contributed by atoms with Gasteiger partial charge in [-0.05, 0) is 47.0 Å². The van der Waals surface area contributed by atoms with Crippen LogP contribution in [0.5, 0.6) is 0 Å². The summed E-state index contributed by atoms with van der Waals surface area (Å²) in [5.41, 5.74) is 1.59. The number of anilines is 1. The van der Waals surface area contributed by atoms with Crippen LogP contribution in [0.25, 0.3) is 17.2 Å². The summed E-state index contributed by atoms with van der Waals surface area (Å²) in [5.74, 6) is -1.67. The van der Waals surface area contributed by atoms with Gasteiger partial charge in [0.05, 0.1) is 16.7 Å². The first kappa shape index (κ1) is 19.3. The lowest BCUT2D eigenvalue weighted by Gasteiger charge is -2.11. The van der Waals surface area contributed by atoms with Crippen LogP contribution in [0.2, 0.25) is 0 Å². The van der Waals surface area contributed by atoms with Crippen molar-refractivity contribution in [3.05, 3.63) is 95.1 Å². The van der Waals surface area contributed by atoms with Gasteiger partial charge in [0.1, 0.15) is 5.82 Å². The molecule has 3 aromatic carbocycles. The smallest absolute Gasteiger partial charge is 0.337 e. The number of nitrogens with one attached hydrogen (secondary N) is 1.